The van der Waals surface area contributed by atoms with E-state index in [9.17, 15) is 15.2 Å². The van der Waals surface area contributed by atoms with Crippen LogP contribution in [-0.4, -0.2) is 17.3 Å². The lowest BCUT2D eigenvalue weighted by atomic mass is 9.78. The zero-order valence-electron chi connectivity index (χ0n) is 18.0. The van der Waals surface area contributed by atoms with E-state index in [1.165, 1.54) is 0 Å². The van der Waals surface area contributed by atoms with Crippen molar-refractivity contribution in [3.63, 3.8) is 0 Å². The van der Waals surface area contributed by atoms with E-state index in [1.54, 1.807) is 30.5 Å². The van der Waals surface area contributed by atoms with Gasteiger partial charge in [-0.15, -0.1) is 0 Å². The molecule has 1 saturated carbocycles. The zero-order chi connectivity index (χ0) is 22.8. The maximum absolute atomic E-state index is 12.6. The third kappa shape index (κ3) is 3.54. The molecule has 0 aromatic heterocycles. The van der Waals surface area contributed by atoms with E-state index in [-0.39, 0.29) is 0 Å². The molecule has 3 atom stereocenters. The van der Waals surface area contributed by atoms with Crippen molar-refractivity contribution < 1.29 is 14.6 Å². The molecule has 0 saturated heterocycles. The van der Waals surface area contributed by atoms with Gasteiger partial charge in [-0.1, -0.05) is 62.4 Å². The van der Waals surface area contributed by atoms with Gasteiger partial charge in [-0.3, -0.25) is 9.79 Å². The summed E-state index contributed by atoms with van der Waals surface area (Å²) >= 11 is 0. The monoisotopic (exact) mass is 424 g/mol. The van der Waals surface area contributed by atoms with Crippen molar-refractivity contribution in [2.75, 3.05) is 0 Å². The number of hydrogen-bond donors (Lipinski definition) is 1. The number of ether oxygens (including phenoxy) is 1. The average Bonchev–Trinajstić information content (AvgIpc) is 3.30. The number of carbonyl (C=O) groups is 1. The summed E-state index contributed by atoms with van der Waals surface area (Å²) in [5, 5.41) is 20.5. The Morgan fingerprint density at radius 3 is 2.28 bits per heavy atom. The van der Waals surface area contributed by atoms with Gasteiger partial charge in [0.25, 0.3) is 0 Å². The lowest BCUT2D eigenvalue weighted by molar-refractivity contribution is -0.145. The second-order valence-corrected chi connectivity index (χ2v) is 8.54. The van der Waals surface area contributed by atoms with Crippen LogP contribution in [0.5, 0.6) is 11.5 Å². The van der Waals surface area contributed by atoms with Crippen molar-refractivity contribution in [3.05, 3.63) is 90.5 Å². The molecule has 0 spiro atoms. The number of carboxylic acid groups (broad SMARTS) is 1. The predicted octanol–water partition coefficient (Wildman–Crippen LogP) is 6.22. The van der Waals surface area contributed by atoms with Crippen LogP contribution in [0.1, 0.15) is 25.3 Å². The number of nitriles is 1. The summed E-state index contributed by atoms with van der Waals surface area (Å²) in [6, 6.07) is 28.1. The molecule has 3 aromatic rings. The van der Waals surface area contributed by atoms with Gasteiger partial charge in [0.15, 0.2) is 0 Å². The Morgan fingerprint density at radius 2 is 1.66 bits per heavy atom. The summed E-state index contributed by atoms with van der Waals surface area (Å²) in [7, 11) is 0. The second-order valence-electron chi connectivity index (χ2n) is 8.54. The Morgan fingerprint density at radius 1 is 1.03 bits per heavy atom. The topological polar surface area (TPSA) is 82.7 Å². The number of nitrogens with zero attached hydrogens (tertiary/aromatic N) is 2. The molecular formula is C27H24N2O3. The molecule has 5 nitrogen and oxygen atoms in total. The van der Waals surface area contributed by atoms with Crippen molar-refractivity contribution >= 4 is 17.9 Å². The smallest absolute Gasteiger partial charge is 0.312 e. The molecule has 0 unspecified atom stereocenters. The van der Waals surface area contributed by atoms with Gasteiger partial charge in [-0.2, -0.15) is 5.26 Å². The lowest BCUT2D eigenvalue weighted by Gasteiger charge is -2.22. The lowest BCUT2D eigenvalue weighted by Crippen LogP contribution is -2.29. The zero-order valence-corrected chi connectivity index (χ0v) is 18.0. The van der Waals surface area contributed by atoms with E-state index < -0.39 is 28.6 Å². The van der Waals surface area contributed by atoms with Crippen LogP contribution in [0.2, 0.25) is 0 Å². The van der Waals surface area contributed by atoms with Crippen LogP contribution in [0.15, 0.2) is 89.9 Å². The molecular weight excluding hydrogens is 400 g/mol. The number of hydrogen-bond acceptors (Lipinski definition) is 4. The number of aliphatic carboxylic acids is 1. The van der Waals surface area contributed by atoms with Crippen LogP contribution >= 0.6 is 0 Å². The summed E-state index contributed by atoms with van der Waals surface area (Å²) in [5.74, 6) is -1.02. The van der Waals surface area contributed by atoms with Crippen LogP contribution in [0.25, 0.3) is 0 Å². The van der Waals surface area contributed by atoms with E-state index in [4.69, 9.17) is 4.74 Å². The molecule has 0 aliphatic heterocycles. The van der Waals surface area contributed by atoms with Gasteiger partial charge < -0.3 is 9.84 Å². The fraction of sp³-hybridized carbons (Fsp3) is 0.222. The van der Waals surface area contributed by atoms with Gasteiger partial charge in [0.1, 0.15) is 16.9 Å². The third-order valence-corrected chi connectivity index (χ3v) is 6.49. The minimum atomic E-state index is -1.29. The largest absolute Gasteiger partial charge is 0.481 e. The first kappa shape index (κ1) is 21.3. The van der Waals surface area contributed by atoms with Crippen LogP contribution in [0.3, 0.4) is 0 Å². The van der Waals surface area contributed by atoms with Crippen LogP contribution in [0, 0.1) is 28.1 Å². The van der Waals surface area contributed by atoms with Crippen molar-refractivity contribution in [3.8, 4) is 17.6 Å². The summed E-state index contributed by atoms with van der Waals surface area (Å²) < 4.78 is 5.91. The van der Waals surface area contributed by atoms with Crippen molar-refractivity contribution in [1.29, 1.82) is 5.26 Å². The fourth-order valence-electron chi connectivity index (χ4n) is 4.72. The SMILES string of the molecule is CC1(C)[C@H](C=Nc2ccccc2)[C@@]1(C(=O)O)[C@@H](C#N)c1cccc(Oc2ccccc2)c1. The normalized spacial score (nSPS) is 22.1. The predicted molar refractivity (Wildman–Crippen MR) is 123 cm³/mol. The molecule has 0 heterocycles. The Hall–Kier alpha value is -3.91. The van der Waals surface area contributed by atoms with E-state index in [2.05, 4.69) is 11.1 Å². The van der Waals surface area contributed by atoms with Crippen LogP contribution < -0.4 is 4.74 Å². The molecule has 3 aromatic carbocycles. The molecule has 1 N–H and O–H groups in total. The molecule has 0 amide bonds. The van der Waals surface area contributed by atoms with Gasteiger partial charge >= 0.3 is 5.97 Å². The summed E-state index contributed by atoms with van der Waals surface area (Å²) in [4.78, 5) is 17.1. The van der Waals surface area contributed by atoms with Gasteiger partial charge in [0.05, 0.1) is 17.7 Å². The molecule has 5 heteroatoms. The molecule has 1 aliphatic rings. The Bertz CT molecular complexity index is 1180. The molecule has 0 bridgehead atoms. The van der Waals surface area contributed by atoms with Crippen molar-refractivity contribution in [2.24, 2.45) is 21.7 Å². The van der Waals surface area contributed by atoms with Gasteiger partial charge in [-0.25, -0.2) is 0 Å². The van der Waals surface area contributed by atoms with E-state index in [1.807, 2.05) is 74.5 Å². The van der Waals surface area contributed by atoms with Crippen LogP contribution in [0.4, 0.5) is 5.69 Å². The molecule has 32 heavy (non-hydrogen) atoms. The maximum Gasteiger partial charge on any atom is 0.312 e. The second kappa shape index (κ2) is 8.32. The first-order chi connectivity index (χ1) is 15.4. The highest BCUT2D eigenvalue weighted by molar-refractivity contribution is 5.91. The highest BCUT2D eigenvalue weighted by atomic mass is 16.5. The maximum atomic E-state index is 12.6. The first-order valence-corrected chi connectivity index (χ1v) is 10.5. The number of para-hydroxylation sites is 2. The van der Waals surface area contributed by atoms with E-state index in [0.717, 1.165) is 5.69 Å². The van der Waals surface area contributed by atoms with Gasteiger partial charge in [-0.05, 0) is 47.4 Å². The number of rotatable bonds is 7. The molecule has 160 valence electrons. The summed E-state index contributed by atoms with van der Waals surface area (Å²) in [6.45, 7) is 3.77. The van der Waals surface area contributed by atoms with Gasteiger partial charge in [0, 0.05) is 12.1 Å². The minimum Gasteiger partial charge on any atom is -0.481 e. The molecule has 1 fully saturated rings. The van der Waals surface area contributed by atoms with Gasteiger partial charge in [0.2, 0.25) is 0 Å². The fourth-order valence-corrected chi connectivity index (χ4v) is 4.72. The Balaban J connectivity index is 1.68. The number of carboxylic acids is 1. The average molecular weight is 425 g/mol. The minimum absolute atomic E-state index is 0.393. The Labute approximate surface area is 187 Å². The van der Waals surface area contributed by atoms with Crippen molar-refractivity contribution in [2.45, 2.75) is 19.8 Å². The summed E-state index contributed by atoms with van der Waals surface area (Å²) in [5.41, 5.74) is -0.563. The quantitative estimate of drug-likeness (QED) is 0.457. The van der Waals surface area contributed by atoms with E-state index in [0.29, 0.717) is 17.1 Å². The van der Waals surface area contributed by atoms with Crippen molar-refractivity contribution in [1.82, 2.24) is 0 Å². The van der Waals surface area contributed by atoms with Crippen LogP contribution in [-0.2, 0) is 4.79 Å². The molecule has 4 rings (SSSR count). The third-order valence-electron chi connectivity index (χ3n) is 6.49. The molecule has 0 radical (unpaired) electrons. The standard InChI is InChI=1S/C27H24N2O3/c1-26(2)24(18-29-20-11-5-3-6-12-20)27(26,25(30)31)23(17-28)19-10-9-15-22(16-19)32-21-13-7-4-8-14-21/h3-16,18,23-24H,1-2H3,(H,30,31)/t23-,24-,27+/m0/s1. The molecule has 1 aliphatic carbocycles. The highest BCUT2D eigenvalue weighted by Gasteiger charge is 2.79. The highest BCUT2D eigenvalue weighted by Crippen LogP contribution is 2.74. The Kier molecular flexibility index (Phi) is 5.54. The first-order valence-electron chi connectivity index (χ1n) is 10.5. The number of aliphatic imine (C=N–C) groups is 1. The summed E-state index contributed by atoms with van der Waals surface area (Å²) in [6.07, 6.45) is 1.69. The number of benzene rings is 3. The van der Waals surface area contributed by atoms with E-state index >= 15 is 0 Å².